The number of nitrogens with one attached hydrogen (secondary N) is 1. The van der Waals surface area contributed by atoms with Crippen LogP contribution >= 0.6 is 0 Å². The van der Waals surface area contributed by atoms with E-state index in [1.807, 2.05) is 0 Å². The minimum Gasteiger partial charge on any atom is -0.406 e. The summed E-state index contributed by atoms with van der Waals surface area (Å²) >= 11 is 0. The Kier molecular flexibility index (Phi) is 8.49. The molecule has 1 unspecified atom stereocenters. The monoisotopic (exact) mass is 510 g/mol. The molecule has 0 bridgehead atoms. The Labute approximate surface area is 204 Å². The molecule has 0 saturated carbocycles. The fourth-order valence-electron chi connectivity index (χ4n) is 3.83. The lowest BCUT2D eigenvalue weighted by Crippen LogP contribution is -2.40. The first-order chi connectivity index (χ1) is 17.0. The van der Waals surface area contributed by atoms with Crippen LogP contribution in [0, 0.1) is 0 Å². The van der Waals surface area contributed by atoms with Gasteiger partial charge in [0.15, 0.2) is 0 Å². The Morgan fingerprint density at radius 2 is 1.58 bits per heavy atom. The van der Waals surface area contributed by atoms with Crippen molar-refractivity contribution < 1.29 is 35.9 Å². The number of hydrogen-bond acceptors (Lipinski definition) is 3. The Hall–Kier alpha value is -3.69. The summed E-state index contributed by atoms with van der Waals surface area (Å²) in [6.07, 6.45) is -8.51. The van der Waals surface area contributed by atoms with E-state index in [9.17, 15) is 31.1 Å². The summed E-state index contributed by atoms with van der Waals surface area (Å²) in [6.45, 7) is 0.226. The van der Waals surface area contributed by atoms with Crippen LogP contribution in [0.4, 0.5) is 32.0 Å². The van der Waals surface area contributed by atoms with Crippen molar-refractivity contribution in [1.82, 2.24) is 5.32 Å². The maximum atomic E-state index is 12.9. The maximum absolute atomic E-state index is 12.9. The van der Waals surface area contributed by atoms with Gasteiger partial charge in [0.2, 0.25) is 5.91 Å². The van der Waals surface area contributed by atoms with Crippen molar-refractivity contribution in [3.05, 3.63) is 95.6 Å². The number of anilines is 1. The van der Waals surface area contributed by atoms with Crippen LogP contribution in [-0.4, -0.2) is 25.9 Å². The van der Waals surface area contributed by atoms with Gasteiger partial charge in [-0.05, 0) is 48.2 Å². The largest absolute Gasteiger partial charge is 0.573 e. The average molecular weight is 510 g/mol. The van der Waals surface area contributed by atoms with Gasteiger partial charge in [-0.15, -0.1) is 13.2 Å². The summed E-state index contributed by atoms with van der Waals surface area (Å²) in [6, 6.07) is 18.0. The van der Waals surface area contributed by atoms with E-state index in [-0.39, 0.29) is 12.5 Å². The maximum Gasteiger partial charge on any atom is 0.573 e. The minimum absolute atomic E-state index is 0.226. The van der Waals surface area contributed by atoms with E-state index >= 15 is 0 Å². The highest BCUT2D eigenvalue weighted by Gasteiger charge is 2.32. The van der Waals surface area contributed by atoms with Crippen LogP contribution in [0.2, 0.25) is 0 Å². The number of halogens is 6. The average Bonchev–Trinajstić information content (AvgIpc) is 2.82. The van der Waals surface area contributed by atoms with Gasteiger partial charge >= 0.3 is 12.5 Å². The SMILES string of the molecule is CNC(=O)C(c1ccccc1)N(CCCc1ccc(C(F)(F)F)cc1)c1cccc(OC(F)(F)F)c1. The lowest BCUT2D eigenvalue weighted by Gasteiger charge is -2.33. The van der Waals surface area contributed by atoms with Crippen LogP contribution in [0.15, 0.2) is 78.9 Å². The van der Waals surface area contributed by atoms with E-state index in [1.54, 1.807) is 41.3 Å². The molecule has 1 amide bonds. The zero-order valence-corrected chi connectivity index (χ0v) is 19.2. The molecule has 3 aromatic carbocycles. The molecule has 1 N–H and O–H groups in total. The van der Waals surface area contributed by atoms with Gasteiger partial charge in [0.05, 0.1) is 5.56 Å². The highest BCUT2D eigenvalue weighted by Crippen LogP contribution is 2.33. The number of likely N-dealkylation sites (N-methyl/N-ethyl adjacent to an activating group) is 1. The van der Waals surface area contributed by atoms with E-state index in [2.05, 4.69) is 10.1 Å². The summed E-state index contributed by atoms with van der Waals surface area (Å²) in [5, 5.41) is 2.60. The third-order valence-electron chi connectivity index (χ3n) is 5.45. The van der Waals surface area contributed by atoms with Gasteiger partial charge in [0.25, 0.3) is 0 Å². The third kappa shape index (κ3) is 7.40. The van der Waals surface area contributed by atoms with E-state index in [1.165, 1.54) is 31.3 Å². The zero-order chi connectivity index (χ0) is 26.3. The second-order valence-electron chi connectivity index (χ2n) is 7.96. The molecule has 3 rings (SSSR count). The second-order valence-corrected chi connectivity index (χ2v) is 7.96. The normalized spacial score (nSPS) is 12.6. The van der Waals surface area contributed by atoms with Gasteiger partial charge in [-0.25, -0.2) is 0 Å². The Bertz CT molecular complexity index is 1130. The lowest BCUT2D eigenvalue weighted by atomic mass is 10.0. The lowest BCUT2D eigenvalue weighted by molar-refractivity contribution is -0.274. The smallest absolute Gasteiger partial charge is 0.406 e. The molecule has 0 aliphatic carbocycles. The number of amides is 1. The summed E-state index contributed by atoms with van der Waals surface area (Å²) in [4.78, 5) is 14.6. The van der Waals surface area contributed by atoms with Gasteiger partial charge in [-0.1, -0.05) is 48.5 Å². The van der Waals surface area contributed by atoms with Crippen LogP contribution in [0.1, 0.15) is 29.2 Å². The number of hydrogen-bond donors (Lipinski definition) is 1. The first-order valence-corrected chi connectivity index (χ1v) is 11.0. The Morgan fingerprint density at radius 1 is 0.917 bits per heavy atom. The van der Waals surface area contributed by atoms with E-state index in [0.29, 0.717) is 29.7 Å². The molecular formula is C26H24F6N2O2. The van der Waals surface area contributed by atoms with Crippen LogP contribution < -0.4 is 15.0 Å². The summed E-state index contributed by atoms with van der Waals surface area (Å²) in [5.41, 5.74) is 0.849. The molecule has 0 saturated heterocycles. The molecule has 36 heavy (non-hydrogen) atoms. The molecule has 1 atom stereocenters. The highest BCUT2D eigenvalue weighted by molar-refractivity contribution is 5.86. The Balaban J connectivity index is 1.90. The van der Waals surface area contributed by atoms with Crippen LogP contribution in [0.5, 0.6) is 5.75 Å². The van der Waals surface area contributed by atoms with Crippen molar-refractivity contribution in [1.29, 1.82) is 0 Å². The predicted octanol–water partition coefficient (Wildman–Crippen LogP) is 6.53. The topological polar surface area (TPSA) is 41.6 Å². The number of ether oxygens (including phenoxy) is 1. The van der Waals surface area contributed by atoms with Gasteiger partial charge < -0.3 is 15.0 Å². The molecule has 0 aliphatic rings. The molecule has 0 fully saturated rings. The predicted molar refractivity (Wildman–Crippen MR) is 123 cm³/mol. The molecule has 192 valence electrons. The molecule has 0 aliphatic heterocycles. The minimum atomic E-state index is -4.88. The summed E-state index contributed by atoms with van der Waals surface area (Å²) < 4.78 is 81.0. The molecule has 0 spiro atoms. The number of alkyl halides is 6. The van der Waals surface area contributed by atoms with Gasteiger partial charge in [-0.2, -0.15) is 13.2 Å². The van der Waals surface area contributed by atoms with E-state index < -0.39 is 29.9 Å². The second kappa shape index (κ2) is 11.4. The summed E-state index contributed by atoms with van der Waals surface area (Å²) in [5.74, 6) is -0.811. The fraction of sp³-hybridized carbons (Fsp3) is 0.269. The molecule has 10 heteroatoms. The number of carbonyl (C=O) groups excluding carboxylic acids is 1. The third-order valence-corrected chi connectivity index (χ3v) is 5.45. The first kappa shape index (κ1) is 26.9. The number of carbonyl (C=O) groups is 1. The fourth-order valence-corrected chi connectivity index (χ4v) is 3.83. The molecule has 4 nitrogen and oxygen atoms in total. The molecular weight excluding hydrogens is 486 g/mol. The molecule has 3 aromatic rings. The standard InChI is InChI=1S/C26H24F6N2O2/c1-33-24(35)23(19-8-3-2-4-9-19)34(21-10-5-11-22(17-21)36-26(30,31)32)16-6-7-18-12-14-20(15-13-18)25(27,28)29/h2-5,8-15,17,23H,6-7,16H2,1H3,(H,33,35). The molecule has 0 aromatic heterocycles. The quantitative estimate of drug-likeness (QED) is 0.333. The van der Waals surface area contributed by atoms with Crippen molar-refractivity contribution in [2.75, 3.05) is 18.5 Å². The number of aryl methyl sites for hydroxylation is 1. The van der Waals surface area contributed by atoms with Crippen molar-refractivity contribution in [2.24, 2.45) is 0 Å². The summed E-state index contributed by atoms with van der Waals surface area (Å²) in [7, 11) is 1.46. The first-order valence-electron chi connectivity index (χ1n) is 11.0. The molecule has 0 heterocycles. The van der Waals surface area contributed by atoms with Crippen molar-refractivity contribution in [3.8, 4) is 5.75 Å². The number of rotatable bonds is 9. The van der Waals surface area contributed by atoms with Crippen molar-refractivity contribution >= 4 is 11.6 Å². The van der Waals surface area contributed by atoms with Crippen molar-refractivity contribution in [2.45, 2.75) is 31.4 Å². The van der Waals surface area contributed by atoms with Gasteiger partial charge in [-0.3, -0.25) is 4.79 Å². The zero-order valence-electron chi connectivity index (χ0n) is 19.2. The van der Waals surface area contributed by atoms with E-state index in [0.717, 1.165) is 18.2 Å². The van der Waals surface area contributed by atoms with E-state index in [4.69, 9.17) is 0 Å². The van der Waals surface area contributed by atoms with Gasteiger partial charge in [0.1, 0.15) is 11.8 Å². The van der Waals surface area contributed by atoms with Crippen LogP contribution in [-0.2, 0) is 17.4 Å². The number of nitrogens with zero attached hydrogens (tertiary/aromatic N) is 1. The molecule has 0 radical (unpaired) electrons. The van der Waals surface area contributed by atoms with Gasteiger partial charge in [0, 0.05) is 25.3 Å². The van der Waals surface area contributed by atoms with Crippen LogP contribution in [0.25, 0.3) is 0 Å². The Morgan fingerprint density at radius 3 is 2.17 bits per heavy atom. The van der Waals surface area contributed by atoms with Crippen molar-refractivity contribution in [3.63, 3.8) is 0 Å². The highest BCUT2D eigenvalue weighted by atomic mass is 19.4. The number of benzene rings is 3. The van der Waals surface area contributed by atoms with Crippen LogP contribution in [0.3, 0.4) is 0 Å².